The Labute approximate surface area is 99.0 Å². The molecule has 1 rings (SSSR count). The summed E-state index contributed by atoms with van der Waals surface area (Å²) in [5.41, 5.74) is 4.77. The van der Waals surface area contributed by atoms with Gasteiger partial charge in [-0.05, 0) is 31.5 Å². The van der Waals surface area contributed by atoms with Crippen LogP contribution in [0, 0.1) is 11.6 Å². The second-order valence-electron chi connectivity index (χ2n) is 4.30. The van der Waals surface area contributed by atoms with Crippen molar-refractivity contribution in [1.29, 1.82) is 0 Å². The molecule has 17 heavy (non-hydrogen) atoms. The summed E-state index contributed by atoms with van der Waals surface area (Å²) in [4.78, 5) is 11.8. The van der Waals surface area contributed by atoms with Crippen molar-refractivity contribution in [3.63, 3.8) is 0 Å². The molecule has 0 aromatic heterocycles. The molecule has 0 bridgehead atoms. The Hall–Kier alpha value is -1.49. The van der Waals surface area contributed by atoms with Gasteiger partial charge in [-0.15, -0.1) is 0 Å². The van der Waals surface area contributed by atoms with Crippen LogP contribution < -0.4 is 11.1 Å². The van der Waals surface area contributed by atoms with E-state index in [2.05, 4.69) is 5.32 Å². The van der Waals surface area contributed by atoms with Crippen LogP contribution in [0.5, 0.6) is 0 Å². The Morgan fingerprint density at radius 3 is 2.53 bits per heavy atom. The molecule has 0 aliphatic carbocycles. The fourth-order valence-corrected chi connectivity index (χ4v) is 1.42. The molecule has 0 fully saturated rings. The highest BCUT2D eigenvalue weighted by molar-refractivity contribution is 5.87. The molecule has 5 heteroatoms. The predicted molar refractivity (Wildman–Crippen MR) is 61.4 cm³/mol. The quantitative estimate of drug-likeness (QED) is 0.836. The maximum absolute atomic E-state index is 13.1. The lowest BCUT2D eigenvalue weighted by atomic mass is 9.83. The molecule has 0 spiro atoms. The van der Waals surface area contributed by atoms with Crippen LogP contribution in [0.3, 0.4) is 0 Å². The zero-order valence-electron chi connectivity index (χ0n) is 9.89. The number of carbonyl (C=O) groups excluding carboxylic acids is 1. The lowest BCUT2D eigenvalue weighted by Gasteiger charge is -2.24. The van der Waals surface area contributed by atoms with E-state index in [0.717, 1.165) is 12.1 Å². The lowest BCUT2D eigenvalue weighted by molar-refractivity contribution is -0.125. The standard InChI is InChI=1S/C12H16F2N2O/c1-12(2,11(17)16-6-5-15)8-3-4-9(13)10(14)7-8/h3-4,7H,5-6,15H2,1-2H3,(H,16,17). The minimum absolute atomic E-state index is 0.269. The summed E-state index contributed by atoms with van der Waals surface area (Å²) in [5, 5.41) is 2.63. The van der Waals surface area contributed by atoms with Crippen molar-refractivity contribution in [3.8, 4) is 0 Å². The van der Waals surface area contributed by atoms with Crippen molar-refractivity contribution < 1.29 is 13.6 Å². The number of carbonyl (C=O) groups is 1. The molecule has 0 saturated carbocycles. The van der Waals surface area contributed by atoms with Crippen molar-refractivity contribution in [2.75, 3.05) is 13.1 Å². The molecule has 3 nitrogen and oxygen atoms in total. The molecule has 0 heterocycles. The van der Waals surface area contributed by atoms with Crippen LogP contribution in [0.4, 0.5) is 8.78 Å². The van der Waals surface area contributed by atoms with Gasteiger partial charge in [0.15, 0.2) is 11.6 Å². The predicted octanol–water partition coefficient (Wildman–Crippen LogP) is 1.32. The maximum atomic E-state index is 13.1. The van der Waals surface area contributed by atoms with Gasteiger partial charge in [0.1, 0.15) is 0 Å². The summed E-state index contributed by atoms with van der Waals surface area (Å²) in [6, 6.07) is 3.46. The summed E-state index contributed by atoms with van der Waals surface area (Å²) >= 11 is 0. The number of halogens is 2. The van der Waals surface area contributed by atoms with Gasteiger partial charge in [0, 0.05) is 13.1 Å². The van der Waals surface area contributed by atoms with Crippen LogP contribution in [0.15, 0.2) is 18.2 Å². The van der Waals surface area contributed by atoms with E-state index < -0.39 is 17.0 Å². The van der Waals surface area contributed by atoms with Crippen molar-refractivity contribution in [2.24, 2.45) is 5.73 Å². The second kappa shape index (κ2) is 5.23. The molecule has 94 valence electrons. The Kier molecular flexibility index (Phi) is 4.17. The summed E-state index contributed by atoms with van der Waals surface area (Å²) in [6.45, 7) is 3.97. The summed E-state index contributed by atoms with van der Waals surface area (Å²) in [6.07, 6.45) is 0. The Balaban J connectivity index is 2.95. The van der Waals surface area contributed by atoms with Crippen molar-refractivity contribution in [2.45, 2.75) is 19.3 Å². The highest BCUT2D eigenvalue weighted by Crippen LogP contribution is 2.24. The third kappa shape index (κ3) is 3.00. The third-order valence-electron chi connectivity index (χ3n) is 2.64. The first-order valence-corrected chi connectivity index (χ1v) is 5.33. The number of nitrogens with two attached hydrogens (primary N) is 1. The normalized spacial score (nSPS) is 11.4. The van der Waals surface area contributed by atoms with Crippen LogP contribution in [0.2, 0.25) is 0 Å². The average molecular weight is 242 g/mol. The van der Waals surface area contributed by atoms with Crippen LogP contribution >= 0.6 is 0 Å². The Morgan fingerprint density at radius 2 is 2.00 bits per heavy atom. The molecule has 1 aromatic carbocycles. The number of amides is 1. The number of nitrogens with one attached hydrogen (secondary N) is 1. The highest BCUT2D eigenvalue weighted by Gasteiger charge is 2.30. The summed E-state index contributed by atoms with van der Waals surface area (Å²) in [7, 11) is 0. The van der Waals surface area contributed by atoms with Crippen LogP contribution in [0.1, 0.15) is 19.4 Å². The molecule has 0 saturated heterocycles. The van der Waals surface area contributed by atoms with Crippen molar-refractivity contribution >= 4 is 5.91 Å². The van der Waals surface area contributed by atoms with Gasteiger partial charge in [-0.1, -0.05) is 6.07 Å². The molecule has 0 aliphatic heterocycles. The first-order valence-electron chi connectivity index (χ1n) is 5.33. The van der Waals surface area contributed by atoms with Gasteiger partial charge >= 0.3 is 0 Å². The molecule has 3 N–H and O–H groups in total. The molecule has 0 atom stereocenters. The van der Waals surface area contributed by atoms with E-state index in [-0.39, 0.29) is 5.91 Å². The molecule has 0 radical (unpaired) electrons. The van der Waals surface area contributed by atoms with Gasteiger partial charge in [-0.2, -0.15) is 0 Å². The highest BCUT2D eigenvalue weighted by atomic mass is 19.2. The van der Waals surface area contributed by atoms with Gasteiger partial charge in [0.05, 0.1) is 5.41 Å². The zero-order chi connectivity index (χ0) is 13.1. The monoisotopic (exact) mass is 242 g/mol. The maximum Gasteiger partial charge on any atom is 0.230 e. The van der Waals surface area contributed by atoms with E-state index in [1.165, 1.54) is 6.07 Å². The van der Waals surface area contributed by atoms with Crippen LogP contribution in [-0.4, -0.2) is 19.0 Å². The number of hydrogen-bond donors (Lipinski definition) is 2. The minimum Gasteiger partial charge on any atom is -0.354 e. The minimum atomic E-state index is -0.956. The third-order valence-corrected chi connectivity index (χ3v) is 2.64. The van der Waals surface area contributed by atoms with E-state index in [0.29, 0.717) is 18.7 Å². The van der Waals surface area contributed by atoms with Gasteiger partial charge < -0.3 is 11.1 Å². The van der Waals surface area contributed by atoms with Crippen molar-refractivity contribution in [1.82, 2.24) is 5.32 Å². The SMILES string of the molecule is CC(C)(C(=O)NCCN)c1ccc(F)c(F)c1. The van der Waals surface area contributed by atoms with Crippen molar-refractivity contribution in [3.05, 3.63) is 35.4 Å². The Morgan fingerprint density at radius 1 is 1.35 bits per heavy atom. The van der Waals surface area contributed by atoms with Gasteiger partial charge in [-0.25, -0.2) is 8.78 Å². The molecule has 1 amide bonds. The Bertz CT molecular complexity index is 419. The van der Waals surface area contributed by atoms with Gasteiger partial charge in [0.2, 0.25) is 5.91 Å². The van der Waals surface area contributed by atoms with Crippen LogP contribution in [0.25, 0.3) is 0 Å². The zero-order valence-corrected chi connectivity index (χ0v) is 9.89. The van der Waals surface area contributed by atoms with Gasteiger partial charge in [0.25, 0.3) is 0 Å². The molecule has 1 aromatic rings. The fraction of sp³-hybridized carbons (Fsp3) is 0.417. The van der Waals surface area contributed by atoms with Gasteiger partial charge in [-0.3, -0.25) is 4.79 Å². The van der Waals surface area contributed by atoms with E-state index >= 15 is 0 Å². The summed E-state index contributed by atoms with van der Waals surface area (Å²) in [5.74, 6) is -2.15. The summed E-state index contributed by atoms with van der Waals surface area (Å²) < 4.78 is 25.9. The van der Waals surface area contributed by atoms with E-state index in [9.17, 15) is 13.6 Å². The number of benzene rings is 1. The first kappa shape index (κ1) is 13.6. The molecular formula is C12H16F2N2O. The van der Waals surface area contributed by atoms with E-state index in [4.69, 9.17) is 5.73 Å². The first-order chi connectivity index (χ1) is 7.89. The molecule has 0 aliphatic rings. The molecular weight excluding hydrogens is 226 g/mol. The number of rotatable bonds is 4. The fourth-order valence-electron chi connectivity index (χ4n) is 1.42. The van der Waals surface area contributed by atoms with E-state index in [1.54, 1.807) is 13.8 Å². The van der Waals surface area contributed by atoms with Crippen LogP contribution in [-0.2, 0) is 10.2 Å². The smallest absolute Gasteiger partial charge is 0.230 e. The lowest BCUT2D eigenvalue weighted by Crippen LogP contribution is -2.42. The number of hydrogen-bond acceptors (Lipinski definition) is 2. The second-order valence-corrected chi connectivity index (χ2v) is 4.30. The topological polar surface area (TPSA) is 55.1 Å². The molecule has 0 unspecified atom stereocenters. The van der Waals surface area contributed by atoms with E-state index in [1.807, 2.05) is 0 Å². The largest absolute Gasteiger partial charge is 0.354 e. The average Bonchev–Trinajstić information content (AvgIpc) is 2.29.